The van der Waals surface area contributed by atoms with Gasteiger partial charge in [-0.25, -0.2) is 0 Å². The van der Waals surface area contributed by atoms with Crippen LogP contribution in [0, 0.1) is 0 Å². The Labute approximate surface area is 208 Å². The van der Waals surface area contributed by atoms with Crippen LogP contribution in [-0.4, -0.2) is 6.15 Å². The van der Waals surface area contributed by atoms with Gasteiger partial charge in [-0.3, -0.25) is 0 Å². The summed E-state index contributed by atoms with van der Waals surface area (Å²) in [5, 5.41) is 7.84. The summed E-state index contributed by atoms with van der Waals surface area (Å²) in [5.41, 5.74) is 4.30. The quantitative estimate of drug-likeness (QED) is 0.232. The molecule has 0 fully saturated rings. The standard InChI is InChI=1S/C34H30B/c1-2-3-22-35(32-19-16-26-10-4-7-13-29(26)23-32,33-20-17-27-11-5-8-14-30(27)24-33)34-21-18-28-12-6-9-15-31(28)25-34/h4-21,23-25H,2-3,22H2,1H3/q-1. The second-order valence-electron chi connectivity index (χ2n) is 10.0. The van der Waals surface area contributed by atoms with Crippen LogP contribution in [0.3, 0.4) is 0 Å². The summed E-state index contributed by atoms with van der Waals surface area (Å²) in [7, 11) is 0. The van der Waals surface area contributed by atoms with Crippen molar-refractivity contribution in [2.75, 3.05) is 0 Å². The SMILES string of the molecule is CCCC[B-](c1ccc2ccccc2c1)(c1ccc2ccccc2c1)c1ccc2ccccc2c1. The maximum Gasteiger partial charge on any atom is 0.0815 e. The largest absolute Gasteiger partial charge is 0.199 e. The van der Waals surface area contributed by atoms with Crippen molar-refractivity contribution in [1.82, 2.24) is 0 Å². The number of hydrogen-bond donors (Lipinski definition) is 0. The third-order valence-corrected chi connectivity index (χ3v) is 8.02. The number of rotatable bonds is 6. The molecule has 0 saturated heterocycles. The molecule has 0 saturated carbocycles. The predicted molar refractivity (Wildman–Crippen MR) is 156 cm³/mol. The maximum atomic E-state index is 2.45. The van der Waals surface area contributed by atoms with Crippen molar-refractivity contribution in [3.63, 3.8) is 0 Å². The molecule has 170 valence electrons. The topological polar surface area (TPSA) is 0 Å². The molecular weight excluding hydrogens is 419 g/mol. The average Bonchev–Trinajstić information content (AvgIpc) is 2.93. The minimum atomic E-state index is -1.16. The highest BCUT2D eigenvalue weighted by atomic mass is 14.1. The van der Waals surface area contributed by atoms with Crippen LogP contribution < -0.4 is 16.4 Å². The summed E-state index contributed by atoms with van der Waals surface area (Å²) in [5.74, 6) is 0. The van der Waals surface area contributed by atoms with Gasteiger partial charge in [0.25, 0.3) is 0 Å². The second kappa shape index (κ2) is 9.08. The van der Waals surface area contributed by atoms with Crippen molar-refractivity contribution < 1.29 is 0 Å². The fourth-order valence-corrected chi connectivity index (χ4v) is 6.13. The summed E-state index contributed by atoms with van der Waals surface area (Å²) in [6.07, 6.45) is 2.34. The first-order valence-electron chi connectivity index (χ1n) is 12.9. The second-order valence-corrected chi connectivity index (χ2v) is 10.0. The van der Waals surface area contributed by atoms with E-state index in [9.17, 15) is 0 Å². The molecule has 35 heavy (non-hydrogen) atoms. The zero-order valence-corrected chi connectivity index (χ0v) is 20.3. The van der Waals surface area contributed by atoms with Gasteiger partial charge in [0.2, 0.25) is 0 Å². The molecule has 0 amide bonds. The molecule has 0 N–H and O–H groups in total. The van der Waals surface area contributed by atoms with Crippen LogP contribution in [-0.2, 0) is 0 Å². The summed E-state index contributed by atoms with van der Waals surface area (Å²) < 4.78 is 0. The van der Waals surface area contributed by atoms with Crippen LogP contribution >= 0.6 is 0 Å². The van der Waals surface area contributed by atoms with E-state index in [0.29, 0.717) is 0 Å². The first kappa shape index (κ1) is 21.7. The van der Waals surface area contributed by atoms with Crippen LogP contribution in [0.15, 0.2) is 127 Å². The van der Waals surface area contributed by atoms with Gasteiger partial charge in [-0.2, -0.15) is 22.7 Å². The zero-order valence-electron chi connectivity index (χ0n) is 20.3. The van der Waals surface area contributed by atoms with Crippen molar-refractivity contribution in [2.45, 2.75) is 26.1 Å². The van der Waals surface area contributed by atoms with Gasteiger partial charge in [0, 0.05) is 0 Å². The Hall–Kier alpha value is -3.84. The summed E-state index contributed by atoms with van der Waals surface area (Å²) >= 11 is 0. The molecular formula is C34H30B-. The van der Waals surface area contributed by atoms with Gasteiger partial charge in [0.1, 0.15) is 0 Å². The highest BCUT2D eigenvalue weighted by molar-refractivity contribution is 7.11. The molecule has 6 aromatic rings. The summed E-state index contributed by atoms with van der Waals surface area (Å²) in [6, 6.07) is 47.7. The van der Waals surface area contributed by atoms with Gasteiger partial charge in [0.05, 0.1) is 6.15 Å². The fourth-order valence-electron chi connectivity index (χ4n) is 6.13. The molecule has 0 heterocycles. The monoisotopic (exact) mass is 449 g/mol. The molecule has 1 heteroatoms. The van der Waals surface area contributed by atoms with Gasteiger partial charge in [0.15, 0.2) is 0 Å². The Balaban J connectivity index is 1.68. The molecule has 0 unspecified atom stereocenters. The molecule has 0 aliphatic carbocycles. The molecule has 0 aromatic heterocycles. The van der Waals surface area contributed by atoms with Gasteiger partial charge >= 0.3 is 0 Å². The van der Waals surface area contributed by atoms with Crippen molar-refractivity contribution in [3.8, 4) is 0 Å². The highest BCUT2D eigenvalue weighted by Gasteiger charge is 2.30. The van der Waals surface area contributed by atoms with Crippen LogP contribution in [0.1, 0.15) is 19.8 Å². The van der Waals surface area contributed by atoms with Crippen LogP contribution in [0.5, 0.6) is 0 Å². The Bertz CT molecular complexity index is 1450. The lowest BCUT2D eigenvalue weighted by Crippen LogP contribution is -2.67. The van der Waals surface area contributed by atoms with Crippen LogP contribution in [0.25, 0.3) is 32.3 Å². The van der Waals surface area contributed by atoms with Crippen molar-refractivity contribution in [3.05, 3.63) is 127 Å². The van der Waals surface area contributed by atoms with Crippen molar-refractivity contribution >= 4 is 54.9 Å². The van der Waals surface area contributed by atoms with Gasteiger partial charge in [-0.1, -0.05) is 147 Å². The number of unbranched alkanes of at least 4 members (excludes halogenated alkanes) is 1. The Kier molecular flexibility index (Phi) is 5.62. The summed E-state index contributed by atoms with van der Waals surface area (Å²) in [6.45, 7) is 2.31. The molecule has 6 aromatic carbocycles. The van der Waals surface area contributed by atoms with E-state index in [-0.39, 0.29) is 0 Å². The van der Waals surface area contributed by atoms with E-state index in [1.807, 2.05) is 0 Å². The Morgan fingerprint density at radius 2 is 0.771 bits per heavy atom. The molecule has 0 bridgehead atoms. The molecule has 0 aliphatic rings. The first-order valence-corrected chi connectivity index (χ1v) is 12.9. The molecule has 0 nitrogen and oxygen atoms in total. The van der Waals surface area contributed by atoms with Crippen molar-refractivity contribution in [1.29, 1.82) is 0 Å². The van der Waals surface area contributed by atoms with Gasteiger partial charge in [-0.15, -0.1) is 0 Å². The van der Waals surface area contributed by atoms with Crippen LogP contribution in [0.2, 0.25) is 6.32 Å². The average molecular weight is 449 g/mol. The maximum absolute atomic E-state index is 2.45. The first-order chi connectivity index (χ1) is 17.3. The third kappa shape index (κ3) is 3.82. The number of benzene rings is 6. The lowest BCUT2D eigenvalue weighted by molar-refractivity contribution is 0.874. The minimum Gasteiger partial charge on any atom is -0.199 e. The number of fused-ring (bicyclic) bond motifs is 3. The van der Waals surface area contributed by atoms with E-state index in [4.69, 9.17) is 0 Å². The highest BCUT2D eigenvalue weighted by Crippen LogP contribution is 2.23. The molecule has 0 spiro atoms. The van der Waals surface area contributed by atoms with Gasteiger partial charge < -0.3 is 0 Å². The van der Waals surface area contributed by atoms with Crippen LogP contribution in [0.4, 0.5) is 0 Å². The van der Waals surface area contributed by atoms with E-state index in [0.717, 1.165) is 6.32 Å². The normalized spacial score (nSPS) is 11.9. The third-order valence-electron chi connectivity index (χ3n) is 8.02. The minimum absolute atomic E-state index is 1.13. The smallest absolute Gasteiger partial charge is 0.0815 e. The fraction of sp³-hybridized carbons (Fsp3) is 0.118. The molecule has 6 rings (SSSR count). The Morgan fingerprint density at radius 1 is 0.429 bits per heavy atom. The molecule has 0 radical (unpaired) electrons. The van der Waals surface area contributed by atoms with Gasteiger partial charge in [-0.05, 0) is 32.3 Å². The van der Waals surface area contributed by atoms with E-state index in [2.05, 4.69) is 134 Å². The van der Waals surface area contributed by atoms with E-state index in [1.165, 1.54) is 61.5 Å². The van der Waals surface area contributed by atoms with E-state index < -0.39 is 6.15 Å². The lowest BCUT2D eigenvalue weighted by atomic mass is 9.14. The zero-order chi connectivity index (χ0) is 23.7. The summed E-state index contributed by atoms with van der Waals surface area (Å²) in [4.78, 5) is 0. The van der Waals surface area contributed by atoms with Crippen molar-refractivity contribution in [2.24, 2.45) is 0 Å². The predicted octanol–water partition coefficient (Wildman–Crippen LogP) is 7.42. The molecule has 0 aliphatic heterocycles. The van der Waals surface area contributed by atoms with E-state index in [1.54, 1.807) is 0 Å². The molecule has 0 atom stereocenters. The number of hydrogen-bond acceptors (Lipinski definition) is 0. The Morgan fingerprint density at radius 3 is 1.11 bits per heavy atom. The van der Waals surface area contributed by atoms with E-state index >= 15 is 0 Å². The lowest BCUT2D eigenvalue weighted by Gasteiger charge is -2.44.